The average Bonchev–Trinajstić information content (AvgIpc) is 2.63. The van der Waals surface area contributed by atoms with Gasteiger partial charge in [-0.15, -0.1) is 0 Å². The number of hydrogen-bond donors (Lipinski definition) is 1. The number of nitrogens with one attached hydrogen (secondary N) is 1. The molecule has 1 atom stereocenters. The van der Waals surface area contributed by atoms with Crippen molar-refractivity contribution in [3.05, 3.63) is 29.3 Å². The van der Waals surface area contributed by atoms with Crippen LogP contribution in [0.3, 0.4) is 0 Å². The number of anilines is 1. The highest BCUT2D eigenvalue weighted by Crippen LogP contribution is 2.22. The smallest absolute Gasteiger partial charge is 0.238 e. The van der Waals surface area contributed by atoms with E-state index < -0.39 is 0 Å². The SMILES string of the molecule is CCc1cccc(CC)c1NC(=O)CN1CCN([C@H](C#N)C(C)C)CC1. The van der Waals surface area contributed by atoms with Crippen molar-refractivity contribution < 1.29 is 4.79 Å². The number of amides is 1. The second kappa shape index (κ2) is 9.70. The largest absolute Gasteiger partial charge is 0.324 e. The molecule has 0 bridgehead atoms. The van der Waals surface area contributed by atoms with Gasteiger partial charge in [0.15, 0.2) is 0 Å². The minimum absolute atomic E-state index is 0.0329. The van der Waals surface area contributed by atoms with Gasteiger partial charge in [0.05, 0.1) is 12.6 Å². The minimum atomic E-state index is -0.0329. The summed E-state index contributed by atoms with van der Waals surface area (Å²) in [6.07, 6.45) is 1.82. The number of para-hydroxylation sites is 1. The molecule has 1 aliphatic rings. The van der Waals surface area contributed by atoms with Crippen molar-refractivity contribution in [1.29, 1.82) is 5.26 Å². The predicted octanol–water partition coefficient (Wildman–Crippen LogP) is 2.92. The summed E-state index contributed by atoms with van der Waals surface area (Å²) in [5.41, 5.74) is 3.37. The molecule has 1 saturated heterocycles. The van der Waals surface area contributed by atoms with Gasteiger partial charge in [-0.2, -0.15) is 5.26 Å². The highest BCUT2D eigenvalue weighted by Gasteiger charge is 2.26. The van der Waals surface area contributed by atoms with Crippen LogP contribution in [0.25, 0.3) is 0 Å². The van der Waals surface area contributed by atoms with Gasteiger partial charge in [-0.25, -0.2) is 0 Å². The lowest BCUT2D eigenvalue weighted by atomic mass is 10.0. The predicted molar refractivity (Wildman–Crippen MR) is 106 cm³/mol. The van der Waals surface area contributed by atoms with Crippen molar-refractivity contribution in [2.75, 3.05) is 38.0 Å². The lowest BCUT2D eigenvalue weighted by molar-refractivity contribution is -0.117. The van der Waals surface area contributed by atoms with E-state index in [2.05, 4.69) is 67.1 Å². The van der Waals surface area contributed by atoms with Crippen molar-refractivity contribution in [3.63, 3.8) is 0 Å². The zero-order chi connectivity index (χ0) is 19.1. The molecule has 1 heterocycles. The average molecular weight is 357 g/mol. The van der Waals surface area contributed by atoms with Crippen molar-refractivity contribution in [1.82, 2.24) is 9.80 Å². The molecule has 0 aliphatic carbocycles. The molecule has 0 radical (unpaired) electrons. The van der Waals surface area contributed by atoms with Gasteiger partial charge in [-0.05, 0) is 29.9 Å². The molecule has 1 fully saturated rings. The second-order valence-electron chi connectivity index (χ2n) is 7.34. The molecule has 1 aliphatic heterocycles. The third-order valence-corrected chi connectivity index (χ3v) is 5.19. The molecule has 1 N–H and O–H groups in total. The molecule has 0 saturated carbocycles. The van der Waals surface area contributed by atoms with Crippen LogP contribution in [0.15, 0.2) is 18.2 Å². The minimum Gasteiger partial charge on any atom is -0.324 e. The molecule has 2 rings (SSSR count). The molecular formula is C21H32N4O. The fourth-order valence-corrected chi connectivity index (χ4v) is 3.64. The number of piperazine rings is 1. The highest BCUT2D eigenvalue weighted by atomic mass is 16.2. The Morgan fingerprint density at radius 1 is 1.15 bits per heavy atom. The molecule has 0 unspecified atom stereocenters. The normalized spacial score (nSPS) is 17.1. The number of carbonyl (C=O) groups is 1. The summed E-state index contributed by atoms with van der Waals surface area (Å²) in [5, 5.41) is 12.5. The summed E-state index contributed by atoms with van der Waals surface area (Å²) >= 11 is 0. The number of nitriles is 1. The van der Waals surface area contributed by atoms with E-state index in [1.807, 2.05) is 0 Å². The standard InChI is InChI=1S/C21H32N4O/c1-5-17-8-7-9-18(6-2)21(17)23-20(26)15-24-10-12-25(13-11-24)19(14-22)16(3)4/h7-9,16,19H,5-6,10-13,15H2,1-4H3,(H,23,26)/t19-/m1/s1. The summed E-state index contributed by atoms with van der Waals surface area (Å²) in [6.45, 7) is 12.2. The van der Waals surface area contributed by atoms with E-state index in [0.717, 1.165) is 44.7 Å². The van der Waals surface area contributed by atoms with Crippen LogP contribution in [0.2, 0.25) is 0 Å². The zero-order valence-corrected chi connectivity index (χ0v) is 16.6. The van der Waals surface area contributed by atoms with Crippen LogP contribution in [0.1, 0.15) is 38.8 Å². The molecule has 0 spiro atoms. The highest BCUT2D eigenvalue weighted by molar-refractivity contribution is 5.93. The number of carbonyl (C=O) groups excluding carboxylic acids is 1. The summed E-state index contributed by atoms with van der Waals surface area (Å²) < 4.78 is 0. The van der Waals surface area contributed by atoms with Gasteiger partial charge in [0.25, 0.3) is 0 Å². The van der Waals surface area contributed by atoms with Crippen LogP contribution in [-0.4, -0.2) is 54.5 Å². The van der Waals surface area contributed by atoms with E-state index in [0.29, 0.717) is 12.5 Å². The first kappa shape index (κ1) is 20.4. The maximum absolute atomic E-state index is 12.6. The van der Waals surface area contributed by atoms with Gasteiger partial charge in [0.1, 0.15) is 6.04 Å². The summed E-state index contributed by atoms with van der Waals surface area (Å²) in [7, 11) is 0. The van der Waals surface area contributed by atoms with Gasteiger partial charge in [-0.3, -0.25) is 14.6 Å². The topological polar surface area (TPSA) is 59.4 Å². The van der Waals surface area contributed by atoms with Gasteiger partial charge in [0.2, 0.25) is 5.91 Å². The van der Waals surface area contributed by atoms with Crippen molar-refractivity contribution in [2.45, 2.75) is 46.6 Å². The fourth-order valence-electron chi connectivity index (χ4n) is 3.64. The maximum Gasteiger partial charge on any atom is 0.238 e. The van der Waals surface area contributed by atoms with Crippen LogP contribution < -0.4 is 5.32 Å². The monoisotopic (exact) mass is 356 g/mol. The van der Waals surface area contributed by atoms with E-state index in [4.69, 9.17) is 0 Å². The third kappa shape index (κ3) is 5.06. The zero-order valence-electron chi connectivity index (χ0n) is 16.6. The number of rotatable bonds is 7. The second-order valence-corrected chi connectivity index (χ2v) is 7.34. The molecular weight excluding hydrogens is 324 g/mol. The van der Waals surface area contributed by atoms with Crippen molar-refractivity contribution in [3.8, 4) is 6.07 Å². The molecule has 0 aromatic heterocycles. The first-order valence-corrected chi connectivity index (χ1v) is 9.76. The summed E-state index contributed by atoms with van der Waals surface area (Å²) in [4.78, 5) is 17.0. The van der Waals surface area contributed by atoms with Crippen molar-refractivity contribution >= 4 is 11.6 Å². The quantitative estimate of drug-likeness (QED) is 0.816. The Bertz CT molecular complexity index is 620. The van der Waals surface area contributed by atoms with Crippen molar-refractivity contribution in [2.24, 2.45) is 5.92 Å². The van der Waals surface area contributed by atoms with Crippen LogP contribution >= 0.6 is 0 Å². The Morgan fingerprint density at radius 3 is 2.19 bits per heavy atom. The van der Waals surface area contributed by atoms with Crippen LogP contribution in [0, 0.1) is 17.2 Å². The third-order valence-electron chi connectivity index (χ3n) is 5.19. The molecule has 26 heavy (non-hydrogen) atoms. The fraction of sp³-hybridized carbons (Fsp3) is 0.619. The Morgan fingerprint density at radius 2 is 1.73 bits per heavy atom. The van der Waals surface area contributed by atoms with E-state index in [-0.39, 0.29) is 11.9 Å². The van der Waals surface area contributed by atoms with Gasteiger partial charge in [0, 0.05) is 31.9 Å². The Hall–Kier alpha value is -1.90. The maximum atomic E-state index is 12.6. The number of nitrogens with zero attached hydrogens (tertiary/aromatic N) is 3. The summed E-state index contributed by atoms with van der Waals surface area (Å²) in [6, 6.07) is 8.61. The first-order chi connectivity index (χ1) is 12.5. The van der Waals surface area contributed by atoms with Gasteiger partial charge < -0.3 is 5.32 Å². The first-order valence-electron chi connectivity index (χ1n) is 9.76. The molecule has 142 valence electrons. The van der Waals surface area contributed by atoms with Crippen LogP contribution in [0.5, 0.6) is 0 Å². The molecule has 5 heteroatoms. The van der Waals surface area contributed by atoms with Crippen LogP contribution in [-0.2, 0) is 17.6 Å². The van der Waals surface area contributed by atoms with Crippen LogP contribution in [0.4, 0.5) is 5.69 Å². The molecule has 1 aromatic carbocycles. The van der Waals surface area contributed by atoms with Gasteiger partial charge in [-0.1, -0.05) is 45.9 Å². The number of aryl methyl sites for hydroxylation is 2. The molecule has 1 aromatic rings. The Balaban J connectivity index is 1.92. The van der Waals surface area contributed by atoms with E-state index >= 15 is 0 Å². The molecule has 5 nitrogen and oxygen atoms in total. The lowest BCUT2D eigenvalue weighted by Gasteiger charge is -2.37. The van der Waals surface area contributed by atoms with E-state index in [9.17, 15) is 10.1 Å². The van der Waals surface area contributed by atoms with E-state index in [1.54, 1.807) is 0 Å². The summed E-state index contributed by atoms with van der Waals surface area (Å²) in [5.74, 6) is 0.377. The number of hydrogen-bond acceptors (Lipinski definition) is 4. The van der Waals surface area contributed by atoms with Gasteiger partial charge >= 0.3 is 0 Å². The Kier molecular flexibility index (Phi) is 7.62. The lowest BCUT2D eigenvalue weighted by Crippen LogP contribution is -2.52. The number of benzene rings is 1. The molecule has 1 amide bonds. The Labute approximate surface area is 158 Å². The van der Waals surface area contributed by atoms with E-state index in [1.165, 1.54) is 11.1 Å².